The smallest absolute Gasteiger partial charge is 0.335 e. The van der Waals surface area contributed by atoms with Crippen molar-refractivity contribution in [1.82, 2.24) is 4.90 Å². The van der Waals surface area contributed by atoms with Gasteiger partial charge in [-0.1, -0.05) is 6.42 Å². The zero-order valence-corrected chi connectivity index (χ0v) is 12.8. The Kier molecular flexibility index (Phi) is 4.65. The van der Waals surface area contributed by atoms with E-state index in [2.05, 4.69) is 21.2 Å². The number of hydrogen-bond acceptors (Lipinski definition) is 2. The maximum Gasteiger partial charge on any atom is 0.335 e. The number of rotatable bonds is 4. The molecule has 2 rings (SSSR count). The highest BCUT2D eigenvalue weighted by Gasteiger charge is 2.21. The first-order valence-electron chi connectivity index (χ1n) is 6.52. The van der Waals surface area contributed by atoms with Gasteiger partial charge in [0.1, 0.15) is 0 Å². The summed E-state index contributed by atoms with van der Waals surface area (Å²) >= 11 is 3.31. The summed E-state index contributed by atoms with van der Waals surface area (Å²) in [6.45, 7) is 0.738. The van der Waals surface area contributed by atoms with Crippen molar-refractivity contribution in [2.75, 3.05) is 18.9 Å². The number of hydrogen-bond donors (Lipinski definition) is 2. The highest BCUT2D eigenvalue weighted by Crippen LogP contribution is 2.27. The monoisotopic (exact) mass is 340 g/mol. The molecule has 0 bridgehead atoms. The lowest BCUT2D eigenvalue weighted by atomic mass is 9.85. The van der Waals surface area contributed by atoms with E-state index < -0.39 is 5.97 Å². The second-order valence-electron chi connectivity index (χ2n) is 5.11. The van der Waals surface area contributed by atoms with Crippen LogP contribution < -0.4 is 5.32 Å². The fourth-order valence-corrected chi connectivity index (χ4v) is 2.46. The number of amides is 2. The predicted octanol–water partition coefficient (Wildman–Crippen LogP) is 3.41. The molecule has 0 heterocycles. The zero-order chi connectivity index (χ0) is 14.7. The Morgan fingerprint density at radius 2 is 2.15 bits per heavy atom. The summed E-state index contributed by atoms with van der Waals surface area (Å²) < 4.78 is 0.660. The molecule has 1 aromatic rings. The van der Waals surface area contributed by atoms with Crippen molar-refractivity contribution in [3.05, 3.63) is 28.2 Å². The van der Waals surface area contributed by atoms with Gasteiger partial charge in [0.2, 0.25) is 0 Å². The van der Waals surface area contributed by atoms with Crippen molar-refractivity contribution in [1.29, 1.82) is 0 Å². The molecule has 1 aliphatic carbocycles. The molecule has 1 saturated carbocycles. The van der Waals surface area contributed by atoms with Crippen LogP contribution in [0.2, 0.25) is 0 Å². The third kappa shape index (κ3) is 3.50. The molecular weight excluding hydrogens is 324 g/mol. The van der Waals surface area contributed by atoms with Gasteiger partial charge in [0.25, 0.3) is 0 Å². The molecule has 20 heavy (non-hydrogen) atoms. The van der Waals surface area contributed by atoms with Crippen LogP contribution in [0.5, 0.6) is 0 Å². The minimum absolute atomic E-state index is 0.144. The van der Waals surface area contributed by atoms with Crippen molar-refractivity contribution in [3.63, 3.8) is 0 Å². The first-order valence-corrected chi connectivity index (χ1v) is 7.31. The zero-order valence-electron chi connectivity index (χ0n) is 11.2. The van der Waals surface area contributed by atoms with Gasteiger partial charge in [0.15, 0.2) is 0 Å². The van der Waals surface area contributed by atoms with Crippen molar-refractivity contribution >= 4 is 33.6 Å². The number of anilines is 1. The van der Waals surface area contributed by atoms with Crippen LogP contribution in [0.15, 0.2) is 22.7 Å². The average Bonchev–Trinajstić information content (AvgIpc) is 2.35. The van der Waals surface area contributed by atoms with Crippen LogP contribution in [0.3, 0.4) is 0 Å². The first kappa shape index (κ1) is 14.8. The second kappa shape index (κ2) is 6.26. The largest absolute Gasteiger partial charge is 0.478 e. The molecule has 1 aliphatic rings. The second-order valence-corrected chi connectivity index (χ2v) is 5.96. The molecule has 6 heteroatoms. The fourth-order valence-electron chi connectivity index (χ4n) is 2.11. The quantitative estimate of drug-likeness (QED) is 0.882. The van der Waals surface area contributed by atoms with Crippen molar-refractivity contribution in [2.24, 2.45) is 5.92 Å². The Bertz CT molecular complexity index is 529. The average molecular weight is 341 g/mol. The van der Waals surface area contributed by atoms with Gasteiger partial charge in [-0.15, -0.1) is 0 Å². The van der Waals surface area contributed by atoms with Crippen LogP contribution in [0, 0.1) is 5.92 Å². The molecule has 0 aliphatic heterocycles. The number of urea groups is 1. The van der Waals surface area contributed by atoms with Gasteiger partial charge in [-0.3, -0.25) is 0 Å². The van der Waals surface area contributed by atoms with Gasteiger partial charge in [0.05, 0.1) is 11.3 Å². The topological polar surface area (TPSA) is 69.6 Å². The summed E-state index contributed by atoms with van der Waals surface area (Å²) in [6.07, 6.45) is 3.60. The number of nitrogens with one attached hydrogen (secondary N) is 1. The van der Waals surface area contributed by atoms with Crippen molar-refractivity contribution in [2.45, 2.75) is 19.3 Å². The third-order valence-electron chi connectivity index (χ3n) is 3.56. The number of carboxylic acid groups (broad SMARTS) is 1. The van der Waals surface area contributed by atoms with E-state index in [9.17, 15) is 9.59 Å². The molecule has 0 spiro atoms. The van der Waals surface area contributed by atoms with Gasteiger partial charge in [-0.2, -0.15) is 0 Å². The molecule has 5 nitrogen and oxygen atoms in total. The Hall–Kier alpha value is -1.56. The number of benzene rings is 1. The molecular formula is C14H17BrN2O3. The van der Waals surface area contributed by atoms with Gasteiger partial charge < -0.3 is 15.3 Å². The van der Waals surface area contributed by atoms with Crippen molar-refractivity contribution in [3.8, 4) is 0 Å². The Balaban J connectivity index is 2.02. The normalized spacial score (nSPS) is 14.5. The molecule has 0 atom stereocenters. The van der Waals surface area contributed by atoms with E-state index in [-0.39, 0.29) is 11.6 Å². The first-order chi connectivity index (χ1) is 9.47. The predicted molar refractivity (Wildman–Crippen MR) is 80.1 cm³/mol. The number of carbonyl (C=O) groups excluding carboxylic acids is 1. The number of carbonyl (C=O) groups is 2. The minimum Gasteiger partial charge on any atom is -0.478 e. The Morgan fingerprint density at radius 3 is 2.70 bits per heavy atom. The number of nitrogens with zero attached hydrogens (tertiary/aromatic N) is 1. The SMILES string of the molecule is CN(CC1CCC1)C(=O)Nc1cc(C(=O)O)ccc1Br. The van der Waals surface area contributed by atoms with Crippen LogP contribution in [0.25, 0.3) is 0 Å². The molecule has 0 aromatic heterocycles. The Morgan fingerprint density at radius 1 is 1.45 bits per heavy atom. The maximum atomic E-state index is 12.1. The number of carboxylic acids is 1. The van der Waals surface area contributed by atoms with E-state index in [1.54, 1.807) is 18.0 Å². The highest BCUT2D eigenvalue weighted by molar-refractivity contribution is 9.10. The maximum absolute atomic E-state index is 12.1. The molecule has 0 unspecified atom stereocenters. The van der Waals surface area contributed by atoms with E-state index in [4.69, 9.17) is 5.11 Å². The van der Waals surface area contributed by atoms with Gasteiger partial charge in [-0.25, -0.2) is 9.59 Å². The highest BCUT2D eigenvalue weighted by atomic mass is 79.9. The summed E-state index contributed by atoms with van der Waals surface area (Å²) in [7, 11) is 1.75. The van der Waals surface area contributed by atoms with Crippen LogP contribution in [-0.4, -0.2) is 35.6 Å². The van der Waals surface area contributed by atoms with E-state index in [1.807, 2.05) is 0 Å². The molecule has 2 N–H and O–H groups in total. The molecule has 1 fully saturated rings. The third-order valence-corrected chi connectivity index (χ3v) is 4.25. The molecule has 2 amide bonds. The minimum atomic E-state index is -1.02. The number of aromatic carboxylic acids is 1. The molecule has 0 radical (unpaired) electrons. The standard InChI is InChI=1S/C14H17BrN2O3/c1-17(8-9-3-2-4-9)14(20)16-12-7-10(13(18)19)5-6-11(12)15/h5-7,9H,2-4,8H2,1H3,(H,16,20)(H,18,19). The van der Waals surface area contributed by atoms with E-state index in [0.717, 1.165) is 6.54 Å². The van der Waals surface area contributed by atoms with Crippen LogP contribution in [0.1, 0.15) is 29.6 Å². The van der Waals surface area contributed by atoms with Crippen molar-refractivity contribution < 1.29 is 14.7 Å². The summed E-state index contributed by atoms with van der Waals surface area (Å²) in [6, 6.07) is 4.33. The van der Waals surface area contributed by atoms with E-state index >= 15 is 0 Å². The Labute approximate surface area is 126 Å². The summed E-state index contributed by atoms with van der Waals surface area (Å²) in [4.78, 5) is 24.6. The summed E-state index contributed by atoms with van der Waals surface area (Å²) in [5.74, 6) is -0.421. The van der Waals surface area contributed by atoms with E-state index in [0.29, 0.717) is 16.1 Å². The molecule has 108 valence electrons. The van der Waals surface area contributed by atoms with Gasteiger partial charge in [0, 0.05) is 18.1 Å². The molecule has 0 saturated heterocycles. The fraction of sp³-hybridized carbons (Fsp3) is 0.429. The van der Waals surface area contributed by atoms with Gasteiger partial charge >= 0.3 is 12.0 Å². The lowest BCUT2D eigenvalue weighted by Crippen LogP contribution is -2.37. The summed E-state index contributed by atoms with van der Waals surface area (Å²) in [5, 5.41) is 11.7. The van der Waals surface area contributed by atoms with Crippen LogP contribution in [-0.2, 0) is 0 Å². The van der Waals surface area contributed by atoms with Crippen LogP contribution in [0.4, 0.5) is 10.5 Å². The van der Waals surface area contributed by atoms with Gasteiger partial charge in [-0.05, 0) is 52.9 Å². The van der Waals surface area contributed by atoms with E-state index in [1.165, 1.54) is 31.4 Å². The molecule has 1 aromatic carbocycles. The number of halogens is 1. The van der Waals surface area contributed by atoms with Crippen LogP contribution >= 0.6 is 15.9 Å². The summed E-state index contributed by atoms with van der Waals surface area (Å²) in [5.41, 5.74) is 0.612. The lowest BCUT2D eigenvalue weighted by Gasteiger charge is -2.30. The lowest BCUT2D eigenvalue weighted by molar-refractivity contribution is 0.0697.